The van der Waals surface area contributed by atoms with E-state index in [9.17, 15) is 0 Å². The molecule has 0 aromatic carbocycles. The first-order valence-electron chi connectivity index (χ1n) is 4.49. The molecule has 0 aromatic rings. The van der Waals surface area contributed by atoms with Crippen molar-refractivity contribution in [2.24, 2.45) is 5.10 Å². The smallest absolute Gasteiger partial charge is 0.144 e. The second kappa shape index (κ2) is 4.61. The average molecular weight is 328 g/mol. The summed E-state index contributed by atoms with van der Waals surface area (Å²) < 4.78 is 1.77. The summed E-state index contributed by atoms with van der Waals surface area (Å²) in [4.78, 5) is 0. The summed E-state index contributed by atoms with van der Waals surface area (Å²) in [5, 5.41) is 8.16. The molecule has 1 saturated heterocycles. The van der Waals surface area contributed by atoms with Crippen LogP contribution < -0.4 is 0 Å². The average Bonchev–Trinajstić information content (AvgIpc) is 2.37. The molecule has 5 heteroatoms. The molecule has 1 fully saturated rings. The van der Waals surface area contributed by atoms with Gasteiger partial charge in [0.05, 0.1) is 11.1 Å². The van der Waals surface area contributed by atoms with Gasteiger partial charge >= 0.3 is 0 Å². The maximum Gasteiger partial charge on any atom is 0.144 e. The molecule has 2 rings (SSSR count). The zero-order valence-corrected chi connectivity index (χ0v) is 11.4. The summed E-state index contributed by atoms with van der Waals surface area (Å²) in [5.74, 6) is 1.30. The topological polar surface area (TPSA) is 15.6 Å². The Bertz CT molecular complexity index is 222. The number of nitrogens with zero attached hydrogens (tertiary/aromatic N) is 2. The van der Waals surface area contributed by atoms with Gasteiger partial charge in [0, 0.05) is 4.43 Å². The highest BCUT2D eigenvalue weighted by Gasteiger charge is 2.32. The molecule has 0 radical (unpaired) electrons. The zero-order valence-electron chi connectivity index (χ0n) is 7.57. The standard InChI is InChI=1S/C8H13IN2S2/c1-6-10-11-7(5-9)3-2-4-12-8(11)13-6/h7-8H,2-5H2,1H3. The van der Waals surface area contributed by atoms with Crippen molar-refractivity contribution in [2.45, 2.75) is 30.5 Å². The Hall–Kier alpha value is 0.900. The maximum absolute atomic E-state index is 4.61. The summed E-state index contributed by atoms with van der Waals surface area (Å²) in [6.07, 6.45) is 2.66. The Balaban J connectivity index is 2.11. The van der Waals surface area contributed by atoms with Crippen LogP contribution in [0.25, 0.3) is 0 Å². The molecule has 0 aliphatic carbocycles. The van der Waals surface area contributed by atoms with Gasteiger partial charge in [-0.05, 0) is 25.5 Å². The molecule has 0 bridgehead atoms. The van der Waals surface area contributed by atoms with E-state index in [1.807, 2.05) is 23.5 Å². The van der Waals surface area contributed by atoms with Gasteiger partial charge in [0.15, 0.2) is 0 Å². The highest BCUT2D eigenvalue weighted by molar-refractivity contribution is 14.1. The Labute approximate surface area is 101 Å². The number of hydrogen-bond donors (Lipinski definition) is 0. The van der Waals surface area contributed by atoms with Crippen LogP contribution in [0.2, 0.25) is 0 Å². The number of fused-ring (bicyclic) bond motifs is 1. The van der Waals surface area contributed by atoms with Gasteiger partial charge in [-0.3, -0.25) is 5.01 Å². The minimum Gasteiger partial charge on any atom is -0.269 e. The lowest BCUT2D eigenvalue weighted by Gasteiger charge is -2.26. The van der Waals surface area contributed by atoms with Crippen molar-refractivity contribution in [3.8, 4) is 0 Å². The van der Waals surface area contributed by atoms with Gasteiger partial charge in [-0.2, -0.15) is 5.10 Å². The van der Waals surface area contributed by atoms with Crippen molar-refractivity contribution in [3.05, 3.63) is 0 Å². The van der Waals surface area contributed by atoms with Crippen molar-refractivity contribution < 1.29 is 0 Å². The summed E-state index contributed by atoms with van der Waals surface area (Å²) in [5.41, 5.74) is 0. The summed E-state index contributed by atoms with van der Waals surface area (Å²) in [6, 6.07) is 0.672. The minimum atomic E-state index is 0.572. The number of thioether (sulfide) groups is 2. The Morgan fingerprint density at radius 1 is 1.69 bits per heavy atom. The van der Waals surface area contributed by atoms with Crippen LogP contribution in [0.5, 0.6) is 0 Å². The molecule has 13 heavy (non-hydrogen) atoms. The molecule has 0 aromatic heterocycles. The van der Waals surface area contributed by atoms with Crippen LogP contribution in [-0.2, 0) is 0 Å². The summed E-state index contributed by atoms with van der Waals surface area (Å²) >= 11 is 6.44. The first kappa shape index (κ1) is 10.4. The van der Waals surface area contributed by atoms with Gasteiger partial charge in [0.1, 0.15) is 4.71 Å². The van der Waals surface area contributed by atoms with Gasteiger partial charge in [-0.1, -0.05) is 34.4 Å². The lowest BCUT2D eigenvalue weighted by Crippen LogP contribution is -2.33. The predicted octanol–water partition coefficient (Wildman–Crippen LogP) is 2.98. The second-order valence-electron chi connectivity index (χ2n) is 3.25. The largest absolute Gasteiger partial charge is 0.269 e. The molecule has 0 saturated carbocycles. The fourth-order valence-corrected chi connectivity index (χ4v) is 5.07. The van der Waals surface area contributed by atoms with E-state index in [2.05, 4.69) is 39.6 Å². The highest BCUT2D eigenvalue weighted by Crippen LogP contribution is 2.39. The van der Waals surface area contributed by atoms with Crippen LogP contribution in [0.4, 0.5) is 0 Å². The molecule has 2 atom stereocenters. The third-order valence-electron chi connectivity index (χ3n) is 2.24. The molecule has 0 amide bonds. The van der Waals surface area contributed by atoms with E-state index in [-0.39, 0.29) is 0 Å². The molecular weight excluding hydrogens is 315 g/mol. The highest BCUT2D eigenvalue weighted by atomic mass is 127. The van der Waals surface area contributed by atoms with E-state index in [4.69, 9.17) is 0 Å². The molecule has 2 aliphatic rings. The fraction of sp³-hybridized carbons (Fsp3) is 0.875. The van der Waals surface area contributed by atoms with E-state index in [1.165, 1.54) is 28.1 Å². The minimum absolute atomic E-state index is 0.572. The summed E-state index contributed by atoms with van der Waals surface area (Å²) in [6.45, 7) is 2.12. The number of halogens is 1. The van der Waals surface area contributed by atoms with Gasteiger partial charge in [-0.25, -0.2) is 0 Å². The van der Waals surface area contributed by atoms with E-state index in [0.717, 1.165) is 0 Å². The molecule has 74 valence electrons. The number of alkyl halides is 1. The van der Waals surface area contributed by atoms with E-state index in [1.54, 1.807) is 0 Å². The van der Waals surface area contributed by atoms with Gasteiger partial charge < -0.3 is 0 Å². The normalized spacial score (nSPS) is 34.0. The SMILES string of the molecule is CC1=NN2C(CI)CCCSC2S1. The Morgan fingerprint density at radius 3 is 3.31 bits per heavy atom. The molecular formula is C8H13IN2S2. The number of hydrogen-bond acceptors (Lipinski definition) is 4. The van der Waals surface area contributed by atoms with Gasteiger partial charge in [0.2, 0.25) is 0 Å². The molecule has 2 heterocycles. The first-order valence-corrected chi connectivity index (χ1v) is 7.94. The first-order chi connectivity index (χ1) is 6.31. The van der Waals surface area contributed by atoms with Crippen molar-refractivity contribution in [3.63, 3.8) is 0 Å². The molecule has 0 N–H and O–H groups in total. The van der Waals surface area contributed by atoms with Crippen molar-refractivity contribution in [1.82, 2.24) is 5.01 Å². The van der Waals surface area contributed by atoms with Crippen LogP contribution >= 0.6 is 46.1 Å². The van der Waals surface area contributed by atoms with Crippen molar-refractivity contribution >= 4 is 51.2 Å². The van der Waals surface area contributed by atoms with Crippen LogP contribution in [0, 0.1) is 0 Å². The monoisotopic (exact) mass is 328 g/mol. The van der Waals surface area contributed by atoms with E-state index in [0.29, 0.717) is 10.7 Å². The Kier molecular flexibility index (Phi) is 3.70. The third-order valence-corrected chi connectivity index (χ3v) is 5.82. The molecule has 2 unspecified atom stereocenters. The molecule has 2 nitrogen and oxygen atoms in total. The number of rotatable bonds is 1. The van der Waals surface area contributed by atoms with Gasteiger partial charge in [-0.15, -0.1) is 11.8 Å². The fourth-order valence-electron chi connectivity index (χ4n) is 1.58. The van der Waals surface area contributed by atoms with Gasteiger partial charge in [0.25, 0.3) is 0 Å². The van der Waals surface area contributed by atoms with E-state index < -0.39 is 0 Å². The van der Waals surface area contributed by atoms with Crippen LogP contribution in [0.15, 0.2) is 5.10 Å². The predicted molar refractivity (Wildman–Crippen MR) is 70.7 cm³/mol. The van der Waals surface area contributed by atoms with E-state index >= 15 is 0 Å². The Morgan fingerprint density at radius 2 is 2.54 bits per heavy atom. The molecule has 0 spiro atoms. The summed E-state index contributed by atoms with van der Waals surface area (Å²) in [7, 11) is 0. The lowest BCUT2D eigenvalue weighted by molar-refractivity contribution is 0.248. The number of hydrazone groups is 1. The second-order valence-corrected chi connectivity index (χ2v) is 6.89. The van der Waals surface area contributed by atoms with Crippen molar-refractivity contribution in [1.29, 1.82) is 0 Å². The van der Waals surface area contributed by atoms with Crippen molar-refractivity contribution in [2.75, 3.05) is 10.2 Å². The van der Waals surface area contributed by atoms with Crippen LogP contribution in [-0.4, -0.2) is 31.0 Å². The lowest BCUT2D eigenvalue weighted by atomic mass is 10.2. The van der Waals surface area contributed by atoms with Crippen LogP contribution in [0.1, 0.15) is 19.8 Å². The maximum atomic E-state index is 4.61. The van der Waals surface area contributed by atoms with Crippen LogP contribution in [0.3, 0.4) is 0 Å². The molecule has 2 aliphatic heterocycles. The third kappa shape index (κ3) is 2.28. The quantitative estimate of drug-likeness (QED) is 0.544. The zero-order chi connectivity index (χ0) is 9.26.